The number of rotatable bonds is 10. The number of amides is 2. The van der Waals surface area contributed by atoms with Crippen LogP contribution in [-0.2, 0) is 20.9 Å². The summed E-state index contributed by atoms with van der Waals surface area (Å²) >= 11 is 6.37. The molecule has 0 spiro atoms. The molecule has 1 aliphatic carbocycles. The number of carboxylic acid groups (broad SMARTS) is 1. The molecule has 4 aromatic carbocycles. The van der Waals surface area contributed by atoms with Gasteiger partial charge >= 0.3 is 12.1 Å². The molecule has 4 aromatic rings. The van der Waals surface area contributed by atoms with Gasteiger partial charge in [0.2, 0.25) is 0 Å². The lowest BCUT2D eigenvalue weighted by molar-refractivity contribution is -0.143. The highest BCUT2D eigenvalue weighted by atomic mass is 35.5. The average Bonchev–Trinajstić information content (AvgIpc) is 3.32. The summed E-state index contributed by atoms with van der Waals surface area (Å²) in [5, 5.41) is 14.9. The van der Waals surface area contributed by atoms with Gasteiger partial charge < -0.3 is 19.9 Å². The summed E-state index contributed by atoms with van der Waals surface area (Å²) < 4.78 is 11.3. The Morgan fingerprint density at radius 1 is 0.881 bits per heavy atom. The predicted octanol–water partition coefficient (Wildman–Crippen LogP) is 6.49. The molecule has 0 aliphatic heterocycles. The fourth-order valence-corrected chi connectivity index (χ4v) is 5.23. The number of halogens is 1. The van der Waals surface area contributed by atoms with Crippen molar-refractivity contribution >= 4 is 35.3 Å². The van der Waals surface area contributed by atoms with Crippen LogP contribution in [0.25, 0.3) is 11.1 Å². The van der Waals surface area contributed by atoms with Gasteiger partial charge in [-0.25, -0.2) is 9.59 Å². The summed E-state index contributed by atoms with van der Waals surface area (Å²) in [6, 6.07) is 28.4. The summed E-state index contributed by atoms with van der Waals surface area (Å²) in [6.07, 6.45) is -1.50. The van der Waals surface area contributed by atoms with E-state index < -0.39 is 30.1 Å². The first-order chi connectivity index (χ1) is 20.3. The first-order valence-corrected chi connectivity index (χ1v) is 13.8. The molecule has 0 unspecified atom stereocenters. The molecule has 214 valence electrons. The molecular weight excluding hydrogens is 556 g/mol. The van der Waals surface area contributed by atoms with Gasteiger partial charge in [0.15, 0.2) is 6.04 Å². The second kappa shape index (κ2) is 12.9. The fraction of sp³-hybridized carbons (Fsp3) is 0.182. The molecule has 1 aliphatic rings. The Morgan fingerprint density at radius 2 is 1.50 bits per heavy atom. The highest BCUT2D eigenvalue weighted by Crippen LogP contribution is 2.44. The van der Waals surface area contributed by atoms with Crippen molar-refractivity contribution in [1.82, 2.24) is 5.32 Å². The van der Waals surface area contributed by atoms with Crippen LogP contribution in [0, 0.1) is 0 Å². The van der Waals surface area contributed by atoms with Gasteiger partial charge in [0.1, 0.15) is 6.61 Å². The lowest BCUT2D eigenvalue weighted by atomic mass is 9.98. The van der Waals surface area contributed by atoms with Crippen LogP contribution >= 0.6 is 11.6 Å². The SMILES string of the molecule is C[C@@H](OCc1ccccc1)[C@H](NC(=O)c1ccc(NC(=O)OCC2c3ccccc3-c3ccccc32)c(Cl)c1)C(=O)O. The quantitative estimate of drug-likeness (QED) is 0.196. The van der Waals surface area contributed by atoms with E-state index in [1.165, 1.54) is 18.2 Å². The Balaban J connectivity index is 1.18. The van der Waals surface area contributed by atoms with E-state index in [0.717, 1.165) is 27.8 Å². The summed E-state index contributed by atoms with van der Waals surface area (Å²) in [5.74, 6) is -1.97. The largest absolute Gasteiger partial charge is 0.480 e. The first-order valence-electron chi connectivity index (χ1n) is 13.4. The number of ether oxygens (including phenoxy) is 2. The zero-order valence-electron chi connectivity index (χ0n) is 22.8. The molecular formula is C33H29ClN2O6. The topological polar surface area (TPSA) is 114 Å². The van der Waals surface area contributed by atoms with Crippen LogP contribution in [0.1, 0.15) is 39.9 Å². The van der Waals surface area contributed by atoms with Crippen LogP contribution in [0.5, 0.6) is 0 Å². The number of hydrogen-bond donors (Lipinski definition) is 3. The van der Waals surface area contributed by atoms with Crippen molar-refractivity contribution in [2.45, 2.75) is 31.6 Å². The smallest absolute Gasteiger partial charge is 0.411 e. The maximum atomic E-state index is 12.9. The number of carbonyl (C=O) groups is 3. The normalized spacial score (nSPS) is 13.4. The molecule has 0 heterocycles. The second-order valence-electron chi connectivity index (χ2n) is 9.94. The van der Waals surface area contributed by atoms with Crippen LogP contribution < -0.4 is 10.6 Å². The summed E-state index contributed by atoms with van der Waals surface area (Å²) in [7, 11) is 0. The van der Waals surface area contributed by atoms with Gasteiger partial charge in [0, 0.05) is 11.5 Å². The van der Waals surface area contributed by atoms with Gasteiger partial charge in [0.25, 0.3) is 5.91 Å². The number of anilines is 1. The van der Waals surface area contributed by atoms with Gasteiger partial charge in [-0.15, -0.1) is 0 Å². The number of carbonyl (C=O) groups excluding carboxylic acids is 2. The van der Waals surface area contributed by atoms with Crippen LogP contribution in [0.15, 0.2) is 97.1 Å². The van der Waals surface area contributed by atoms with Gasteiger partial charge in [0.05, 0.1) is 23.4 Å². The summed E-state index contributed by atoms with van der Waals surface area (Å²) in [4.78, 5) is 37.4. The Morgan fingerprint density at radius 3 is 2.12 bits per heavy atom. The molecule has 5 rings (SSSR count). The lowest BCUT2D eigenvalue weighted by Crippen LogP contribution is -2.48. The molecule has 2 amide bonds. The molecule has 3 N–H and O–H groups in total. The summed E-state index contributed by atoms with van der Waals surface area (Å²) in [6.45, 7) is 1.92. The van der Waals surface area contributed by atoms with E-state index in [-0.39, 0.29) is 35.4 Å². The highest BCUT2D eigenvalue weighted by molar-refractivity contribution is 6.34. The van der Waals surface area contributed by atoms with Crippen molar-refractivity contribution in [2.24, 2.45) is 0 Å². The van der Waals surface area contributed by atoms with E-state index in [2.05, 4.69) is 22.8 Å². The third-order valence-electron chi connectivity index (χ3n) is 7.19. The molecule has 0 fully saturated rings. The van der Waals surface area contributed by atoms with E-state index in [0.29, 0.717) is 0 Å². The number of fused-ring (bicyclic) bond motifs is 3. The van der Waals surface area contributed by atoms with E-state index in [1.807, 2.05) is 66.7 Å². The van der Waals surface area contributed by atoms with Gasteiger partial charge in [-0.1, -0.05) is 90.5 Å². The van der Waals surface area contributed by atoms with Crippen LogP contribution in [0.3, 0.4) is 0 Å². The van der Waals surface area contributed by atoms with E-state index >= 15 is 0 Å². The Hall–Kier alpha value is -4.66. The minimum Gasteiger partial charge on any atom is -0.480 e. The van der Waals surface area contributed by atoms with Gasteiger partial charge in [-0.3, -0.25) is 10.1 Å². The Bertz CT molecular complexity index is 1560. The van der Waals surface area contributed by atoms with Crippen molar-refractivity contribution in [3.63, 3.8) is 0 Å². The number of benzene rings is 4. The first kappa shape index (κ1) is 28.9. The highest BCUT2D eigenvalue weighted by Gasteiger charge is 2.30. The fourth-order valence-electron chi connectivity index (χ4n) is 5.00. The van der Waals surface area contributed by atoms with Crippen molar-refractivity contribution in [3.05, 3.63) is 124 Å². The molecule has 2 atom stereocenters. The number of hydrogen-bond acceptors (Lipinski definition) is 5. The third kappa shape index (κ3) is 6.46. The number of nitrogens with one attached hydrogen (secondary N) is 2. The van der Waals surface area contributed by atoms with Gasteiger partial charge in [-0.05, 0) is 52.9 Å². The van der Waals surface area contributed by atoms with E-state index in [1.54, 1.807) is 6.92 Å². The second-order valence-corrected chi connectivity index (χ2v) is 10.3. The van der Waals surface area contributed by atoms with Crippen LogP contribution in [0.2, 0.25) is 5.02 Å². The van der Waals surface area contributed by atoms with Crippen molar-refractivity contribution in [1.29, 1.82) is 0 Å². The molecule has 0 radical (unpaired) electrons. The Labute approximate surface area is 248 Å². The lowest BCUT2D eigenvalue weighted by Gasteiger charge is -2.22. The van der Waals surface area contributed by atoms with Gasteiger partial charge in [-0.2, -0.15) is 0 Å². The Kier molecular flexibility index (Phi) is 8.85. The van der Waals surface area contributed by atoms with Crippen LogP contribution in [0.4, 0.5) is 10.5 Å². The molecule has 8 nitrogen and oxygen atoms in total. The zero-order valence-corrected chi connectivity index (χ0v) is 23.5. The van der Waals surface area contributed by atoms with Crippen molar-refractivity contribution in [2.75, 3.05) is 11.9 Å². The van der Waals surface area contributed by atoms with Crippen LogP contribution in [-0.4, -0.2) is 41.8 Å². The molecule has 0 bridgehead atoms. The number of carboxylic acids is 1. The van der Waals surface area contributed by atoms with Crippen molar-refractivity contribution < 1.29 is 29.0 Å². The average molecular weight is 585 g/mol. The summed E-state index contributed by atoms with van der Waals surface area (Å²) in [5.41, 5.74) is 5.70. The zero-order chi connectivity index (χ0) is 29.6. The monoisotopic (exact) mass is 584 g/mol. The minimum atomic E-state index is -1.29. The predicted molar refractivity (Wildman–Crippen MR) is 160 cm³/mol. The number of aliphatic carboxylic acids is 1. The van der Waals surface area contributed by atoms with E-state index in [4.69, 9.17) is 21.1 Å². The van der Waals surface area contributed by atoms with E-state index in [9.17, 15) is 19.5 Å². The molecule has 42 heavy (non-hydrogen) atoms. The molecule has 0 aromatic heterocycles. The standard InChI is InChI=1S/C33H29ClN2O6/c1-20(41-18-21-9-3-2-4-10-21)30(32(38)39)36-31(37)22-15-16-29(28(34)17-22)35-33(40)42-19-27-25-13-7-5-11-23(25)24-12-6-8-14-26(24)27/h2-17,20,27,30H,18-19H2,1H3,(H,35,40)(H,36,37)(H,38,39)/t20-,30+/m1/s1. The molecule has 9 heteroatoms. The molecule has 0 saturated carbocycles. The van der Waals surface area contributed by atoms with Crippen molar-refractivity contribution in [3.8, 4) is 11.1 Å². The molecule has 0 saturated heterocycles. The minimum absolute atomic E-state index is 0.0917. The maximum Gasteiger partial charge on any atom is 0.411 e. The third-order valence-corrected chi connectivity index (χ3v) is 7.50. The maximum absolute atomic E-state index is 12.9.